The van der Waals surface area contributed by atoms with Gasteiger partial charge in [-0.25, -0.2) is 0 Å². The quantitative estimate of drug-likeness (QED) is 0.629. The van der Waals surface area contributed by atoms with E-state index in [1.807, 2.05) is 0 Å². The molecule has 2 aromatic heterocycles. The summed E-state index contributed by atoms with van der Waals surface area (Å²) in [6.45, 7) is 1.92. The van der Waals surface area contributed by atoms with Crippen molar-refractivity contribution in [3.05, 3.63) is 60.0 Å². The van der Waals surface area contributed by atoms with Gasteiger partial charge in [0.15, 0.2) is 0 Å². The van der Waals surface area contributed by atoms with Crippen molar-refractivity contribution in [2.24, 2.45) is 7.05 Å². The minimum atomic E-state index is 0. The van der Waals surface area contributed by atoms with Gasteiger partial charge in [0.25, 0.3) is 0 Å². The number of aromatic nitrogens is 2. The maximum atomic E-state index is 3.50. The molecule has 0 spiro atoms. The van der Waals surface area contributed by atoms with Crippen molar-refractivity contribution in [1.29, 1.82) is 0 Å². The standard InChI is InChI=1S/C16H19N3.ClH/c1-19-10-4-5-14(19)12-17-9-8-13-11-18-16-7-3-2-6-15(13)16;/h2-7,10-11,17-18H,8-9,12H2,1H3;1H/p-1. The third-order valence-corrected chi connectivity index (χ3v) is 3.60. The van der Waals surface area contributed by atoms with Crippen molar-refractivity contribution in [1.82, 2.24) is 14.9 Å². The Labute approximate surface area is 125 Å². The molecule has 4 heteroatoms. The molecule has 0 saturated heterocycles. The van der Waals surface area contributed by atoms with Crippen molar-refractivity contribution in [2.45, 2.75) is 13.0 Å². The van der Waals surface area contributed by atoms with Gasteiger partial charge in [0, 0.05) is 42.6 Å². The molecule has 3 rings (SSSR count). The van der Waals surface area contributed by atoms with Crippen LogP contribution in [0.1, 0.15) is 11.3 Å². The van der Waals surface area contributed by atoms with Crippen LogP contribution in [0, 0.1) is 0 Å². The summed E-state index contributed by atoms with van der Waals surface area (Å²) in [7, 11) is 2.08. The number of nitrogens with one attached hydrogen (secondary N) is 2. The van der Waals surface area contributed by atoms with Crippen LogP contribution < -0.4 is 17.7 Å². The van der Waals surface area contributed by atoms with Gasteiger partial charge in [0.05, 0.1) is 0 Å². The third-order valence-electron chi connectivity index (χ3n) is 3.60. The lowest BCUT2D eigenvalue weighted by Crippen LogP contribution is -3.00. The first kappa shape index (κ1) is 14.7. The number of para-hydroxylation sites is 1. The molecule has 2 N–H and O–H groups in total. The number of hydrogen-bond donors (Lipinski definition) is 2. The van der Waals surface area contributed by atoms with Crippen molar-refractivity contribution < 1.29 is 12.4 Å². The van der Waals surface area contributed by atoms with Gasteiger partial charge in [0.2, 0.25) is 0 Å². The zero-order valence-electron chi connectivity index (χ0n) is 11.6. The number of aryl methyl sites for hydroxylation is 1. The molecule has 0 atom stereocenters. The van der Waals surface area contributed by atoms with Gasteiger partial charge in [-0.2, -0.15) is 0 Å². The number of fused-ring (bicyclic) bond motifs is 1. The molecular weight excluding hydrogens is 270 g/mol. The Hall–Kier alpha value is -1.71. The summed E-state index contributed by atoms with van der Waals surface area (Å²) in [5.41, 5.74) is 3.92. The molecule has 0 unspecified atom stereocenters. The molecule has 0 aliphatic heterocycles. The Morgan fingerprint density at radius 3 is 2.80 bits per heavy atom. The van der Waals surface area contributed by atoms with E-state index in [2.05, 4.69) is 70.7 Å². The summed E-state index contributed by atoms with van der Waals surface area (Å²) >= 11 is 0. The Bertz CT molecular complexity index is 669. The summed E-state index contributed by atoms with van der Waals surface area (Å²) in [6, 6.07) is 12.7. The number of aromatic amines is 1. The van der Waals surface area contributed by atoms with Gasteiger partial charge in [-0.15, -0.1) is 0 Å². The maximum Gasteiger partial charge on any atom is 0.0456 e. The molecule has 0 fully saturated rings. The molecule has 2 heterocycles. The van der Waals surface area contributed by atoms with Crippen LogP contribution in [0.3, 0.4) is 0 Å². The summed E-state index contributed by atoms with van der Waals surface area (Å²) < 4.78 is 2.15. The van der Waals surface area contributed by atoms with E-state index < -0.39 is 0 Å². The molecule has 3 aromatic rings. The normalized spacial score (nSPS) is 10.7. The topological polar surface area (TPSA) is 32.8 Å². The molecule has 106 valence electrons. The highest BCUT2D eigenvalue weighted by molar-refractivity contribution is 5.83. The van der Waals surface area contributed by atoms with Crippen LogP contribution in [0.25, 0.3) is 10.9 Å². The van der Waals surface area contributed by atoms with E-state index >= 15 is 0 Å². The minimum Gasteiger partial charge on any atom is -1.00 e. The van der Waals surface area contributed by atoms with Crippen LogP contribution >= 0.6 is 0 Å². The number of hydrogen-bond acceptors (Lipinski definition) is 1. The Morgan fingerprint density at radius 2 is 2.00 bits per heavy atom. The maximum absolute atomic E-state index is 3.50. The monoisotopic (exact) mass is 288 g/mol. The highest BCUT2D eigenvalue weighted by Crippen LogP contribution is 2.17. The first-order chi connectivity index (χ1) is 9.34. The summed E-state index contributed by atoms with van der Waals surface area (Å²) in [4.78, 5) is 3.32. The van der Waals surface area contributed by atoms with E-state index in [4.69, 9.17) is 0 Å². The average molecular weight is 289 g/mol. The lowest BCUT2D eigenvalue weighted by molar-refractivity contribution is -0.00000395. The smallest absolute Gasteiger partial charge is 0.0456 e. The molecule has 3 nitrogen and oxygen atoms in total. The Balaban J connectivity index is 0.00000147. The first-order valence-corrected chi connectivity index (χ1v) is 6.70. The number of benzene rings is 1. The number of H-pyrrole nitrogens is 1. The number of halogens is 1. The van der Waals surface area contributed by atoms with E-state index in [0.717, 1.165) is 19.5 Å². The van der Waals surface area contributed by atoms with Crippen LogP contribution in [0.4, 0.5) is 0 Å². The molecular formula is C16H19ClN3-. The van der Waals surface area contributed by atoms with Gasteiger partial charge < -0.3 is 27.3 Å². The van der Waals surface area contributed by atoms with Crippen molar-refractivity contribution in [2.75, 3.05) is 6.54 Å². The van der Waals surface area contributed by atoms with Crippen molar-refractivity contribution >= 4 is 10.9 Å². The van der Waals surface area contributed by atoms with Crippen LogP contribution in [-0.2, 0) is 20.0 Å². The summed E-state index contributed by atoms with van der Waals surface area (Å²) in [6.07, 6.45) is 5.25. The average Bonchev–Trinajstić information content (AvgIpc) is 3.02. The summed E-state index contributed by atoms with van der Waals surface area (Å²) in [5.74, 6) is 0. The van der Waals surface area contributed by atoms with Gasteiger partial charge in [-0.3, -0.25) is 0 Å². The second-order valence-electron chi connectivity index (χ2n) is 4.90. The predicted molar refractivity (Wildman–Crippen MR) is 79.1 cm³/mol. The van der Waals surface area contributed by atoms with Crippen LogP contribution in [0.15, 0.2) is 48.8 Å². The zero-order valence-corrected chi connectivity index (χ0v) is 12.3. The summed E-state index contributed by atoms with van der Waals surface area (Å²) in [5, 5.41) is 4.83. The highest BCUT2D eigenvalue weighted by atomic mass is 35.5. The fraction of sp³-hybridized carbons (Fsp3) is 0.250. The lowest BCUT2D eigenvalue weighted by Gasteiger charge is -2.05. The van der Waals surface area contributed by atoms with E-state index in [-0.39, 0.29) is 12.4 Å². The van der Waals surface area contributed by atoms with E-state index in [9.17, 15) is 0 Å². The van der Waals surface area contributed by atoms with Crippen molar-refractivity contribution in [3.63, 3.8) is 0 Å². The van der Waals surface area contributed by atoms with E-state index in [0.29, 0.717) is 0 Å². The third kappa shape index (κ3) is 3.06. The molecule has 0 aliphatic carbocycles. The van der Waals surface area contributed by atoms with Crippen LogP contribution in [0.2, 0.25) is 0 Å². The molecule has 0 bridgehead atoms. The fourth-order valence-electron chi connectivity index (χ4n) is 2.46. The predicted octanol–water partition coefficient (Wildman–Crippen LogP) is -0.157. The Kier molecular flexibility index (Phi) is 4.88. The van der Waals surface area contributed by atoms with Crippen LogP contribution in [-0.4, -0.2) is 16.1 Å². The molecule has 20 heavy (non-hydrogen) atoms. The number of nitrogens with zero attached hydrogens (tertiary/aromatic N) is 1. The molecule has 0 radical (unpaired) electrons. The number of rotatable bonds is 5. The highest BCUT2D eigenvalue weighted by Gasteiger charge is 2.02. The molecule has 0 saturated carbocycles. The zero-order chi connectivity index (χ0) is 13.1. The lowest BCUT2D eigenvalue weighted by atomic mass is 10.1. The fourth-order valence-corrected chi connectivity index (χ4v) is 2.46. The second kappa shape index (κ2) is 6.64. The van der Waals surface area contributed by atoms with Gasteiger partial charge in [0.1, 0.15) is 0 Å². The van der Waals surface area contributed by atoms with Gasteiger partial charge >= 0.3 is 0 Å². The van der Waals surface area contributed by atoms with Crippen LogP contribution in [0.5, 0.6) is 0 Å². The van der Waals surface area contributed by atoms with E-state index in [1.54, 1.807) is 0 Å². The molecule has 0 amide bonds. The molecule has 0 aliphatic rings. The second-order valence-corrected chi connectivity index (χ2v) is 4.90. The molecule has 1 aromatic carbocycles. The van der Waals surface area contributed by atoms with Crippen molar-refractivity contribution in [3.8, 4) is 0 Å². The van der Waals surface area contributed by atoms with Gasteiger partial charge in [-0.05, 0) is 36.7 Å². The minimum absolute atomic E-state index is 0. The van der Waals surface area contributed by atoms with Gasteiger partial charge in [-0.1, -0.05) is 18.2 Å². The Morgan fingerprint density at radius 1 is 1.15 bits per heavy atom. The first-order valence-electron chi connectivity index (χ1n) is 6.70. The van der Waals surface area contributed by atoms with E-state index in [1.165, 1.54) is 22.2 Å². The largest absolute Gasteiger partial charge is 1.00 e. The SMILES string of the molecule is Cn1cccc1CNCCc1c[nH]c2ccccc12.[Cl-].